The van der Waals surface area contributed by atoms with E-state index in [0.29, 0.717) is 6.42 Å². The van der Waals surface area contributed by atoms with Crippen molar-refractivity contribution < 1.29 is 19.1 Å². The molecule has 5 nitrogen and oxygen atoms in total. The van der Waals surface area contributed by atoms with E-state index in [9.17, 15) is 19.1 Å². The molecule has 0 aromatic heterocycles. The molecule has 2 aromatic carbocycles. The van der Waals surface area contributed by atoms with E-state index in [1.807, 2.05) is 30.3 Å². The Balaban J connectivity index is 1.69. The number of aliphatic hydroxyl groups is 1. The summed E-state index contributed by atoms with van der Waals surface area (Å²) in [6.45, 7) is 0.0709. The molecule has 2 aromatic rings. The normalized spacial score (nSPS) is 11.6. The highest BCUT2D eigenvalue weighted by Crippen LogP contribution is 2.14. The second kappa shape index (κ2) is 8.79. The zero-order chi connectivity index (χ0) is 17.4. The lowest BCUT2D eigenvalue weighted by Gasteiger charge is -2.12. The second-order valence-electron chi connectivity index (χ2n) is 5.26. The topological polar surface area (TPSA) is 78.4 Å². The van der Waals surface area contributed by atoms with Crippen LogP contribution in [0.2, 0.25) is 0 Å². The third-order valence-corrected chi connectivity index (χ3v) is 3.42. The second-order valence-corrected chi connectivity index (χ2v) is 5.26. The van der Waals surface area contributed by atoms with Crippen molar-refractivity contribution in [3.63, 3.8) is 0 Å². The largest absolute Gasteiger partial charge is 0.388 e. The van der Waals surface area contributed by atoms with E-state index in [2.05, 4.69) is 10.6 Å². The molecule has 3 N–H and O–H groups in total. The molecule has 0 bridgehead atoms. The molecule has 0 heterocycles. The molecule has 2 rings (SSSR count). The highest BCUT2D eigenvalue weighted by Gasteiger charge is 2.10. The molecule has 0 aliphatic heterocycles. The van der Waals surface area contributed by atoms with Gasteiger partial charge in [-0.15, -0.1) is 0 Å². The number of aliphatic hydroxyl groups excluding tert-OH is 1. The van der Waals surface area contributed by atoms with Crippen molar-refractivity contribution in [2.75, 3.05) is 13.1 Å². The Bertz CT molecular complexity index is 692. The van der Waals surface area contributed by atoms with Gasteiger partial charge in [0.15, 0.2) is 0 Å². The van der Waals surface area contributed by atoms with Gasteiger partial charge in [0.05, 0.1) is 12.6 Å². The first-order chi connectivity index (χ1) is 11.6. The van der Waals surface area contributed by atoms with Crippen LogP contribution in [-0.2, 0) is 4.79 Å². The van der Waals surface area contributed by atoms with Gasteiger partial charge in [-0.1, -0.05) is 36.4 Å². The Kier molecular flexibility index (Phi) is 6.45. The van der Waals surface area contributed by atoms with Gasteiger partial charge in [0.25, 0.3) is 5.91 Å². The van der Waals surface area contributed by atoms with Gasteiger partial charge in [0, 0.05) is 12.1 Å². The van der Waals surface area contributed by atoms with E-state index in [4.69, 9.17) is 0 Å². The third kappa shape index (κ3) is 5.48. The van der Waals surface area contributed by atoms with Crippen molar-refractivity contribution in [2.45, 2.75) is 12.5 Å². The molecule has 2 amide bonds. The van der Waals surface area contributed by atoms with E-state index in [0.717, 1.165) is 11.6 Å². The molecule has 0 fully saturated rings. The fourth-order valence-electron chi connectivity index (χ4n) is 2.14. The van der Waals surface area contributed by atoms with Crippen LogP contribution in [0.1, 0.15) is 28.4 Å². The summed E-state index contributed by atoms with van der Waals surface area (Å²) < 4.78 is 13.0. The maximum atomic E-state index is 13.0. The Labute approximate surface area is 139 Å². The Morgan fingerprint density at radius 1 is 1.04 bits per heavy atom. The van der Waals surface area contributed by atoms with Gasteiger partial charge in [-0.05, 0) is 30.2 Å². The van der Waals surface area contributed by atoms with Gasteiger partial charge in [-0.25, -0.2) is 4.39 Å². The van der Waals surface area contributed by atoms with Crippen LogP contribution in [-0.4, -0.2) is 30.0 Å². The minimum absolute atomic E-state index is 0.155. The van der Waals surface area contributed by atoms with Crippen molar-refractivity contribution in [3.8, 4) is 0 Å². The zero-order valence-electron chi connectivity index (χ0n) is 13.0. The summed E-state index contributed by atoms with van der Waals surface area (Å²) in [7, 11) is 0. The molecular weight excluding hydrogens is 311 g/mol. The lowest BCUT2D eigenvalue weighted by Crippen LogP contribution is -2.37. The molecule has 0 saturated carbocycles. The quantitative estimate of drug-likeness (QED) is 0.724. The van der Waals surface area contributed by atoms with Crippen molar-refractivity contribution in [1.29, 1.82) is 0 Å². The molecule has 0 radical (unpaired) electrons. The van der Waals surface area contributed by atoms with Crippen molar-refractivity contribution in [2.24, 2.45) is 0 Å². The van der Waals surface area contributed by atoms with Crippen LogP contribution < -0.4 is 10.6 Å². The minimum atomic E-state index is -0.659. The molecule has 0 spiro atoms. The highest BCUT2D eigenvalue weighted by molar-refractivity contribution is 5.96. The summed E-state index contributed by atoms with van der Waals surface area (Å²) in [5, 5.41) is 15.0. The van der Waals surface area contributed by atoms with Crippen LogP contribution in [0.15, 0.2) is 54.6 Å². The van der Waals surface area contributed by atoms with E-state index < -0.39 is 17.8 Å². The van der Waals surface area contributed by atoms with E-state index in [1.54, 1.807) is 0 Å². The van der Waals surface area contributed by atoms with Gasteiger partial charge >= 0.3 is 0 Å². The molecule has 6 heteroatoms. The summed E-state index contributed by atoms with van der Waals surface area (Å²) in [4.78, 5) is 23.5. The van der Waals surface area contributed by atoms with Crippen molar-refractivity contribution in [3.05, 3.63) is 71.5 Å². The van der Waals surface area contributed by atoms with Crippen LogP contribution in [0.5, 0.6) is 0 Å². The Morgan fingerprint density at radius 2 is 1.79 bits per heavy atom. The number of hydrogen-bond donors (Lipinski definition) is 3. The third-order valence-electron chi connectivity index (χ3n) is 3.42. The lowest BCUT2D eigenvalue weighted by molar-refractivity contribution is -0.120. The van der Waals surface area contributed by atoms with Crippen molar-refractivity contribution in [1.82, 2.24) is 10.6 Å². The summed E-state index contributed by atoms with van der Waals surface area (Å²) in [5.41, 5.74) is 0.938. The summed E-state index contributed by atoms with van der Waals surface area (Å²) >= 11 is 0. The number of amides is 2. The van der Waals surface area contributed by atoms with Crippen LogP contribution in [0.4, 0.5) is 4.39 Å². The SMILES string of the molecule is O=C(CNC(=O)c1cccc(F)c1)NCCC(O)c1ccccc1. The van der Waals surface area contributed by atoms with Crippen LogP contribution in [0.3, 0.4) is 0 Å². The summed E-state index contributed by atoms with van der Waals surface area (Å²) in [5.74, 6) is -1.41. The predicted octanol–water partition coefficient (Wildman–Crippen LogP) is 1.80. The fraction of sp³-hybridized carbons (Fsp3) is 0.222. The molecule has 0 aliphatic carbocycles. The molecule has 0 saturated heterocycles. The lowest BCUT2D eigenvalue weighted by atomic mass is 10.1. The standard InChI is InChI=1S/C18H19FN2O3/c19-15-8-4-7-14(11-15)18(24)21-12-17(23)20-10-9-16(22)13-5-2-1-3-6-13/h1-8,11,16,22H,9-10,12H2,(H,20,23)(H,21,24). The number of carbonyl (C=O) groups is 2. The predicted molar refractivity (Wildman–Crippen MR) is 87.8 cm³/mol. The number of carbonyl (C=O) groups excluding carboxylic acids is 2. The number of nitrogens with one attached hydrogen (secondary N) is 2. The number of benzene rings is 2. The van der Waals surface area contributed by atoms with Gasteiger partial charge in [-0.2, -0.15) is 0 Å². The number of halogens is 1. The average molecular weight is 330 g/mol. The monoisotopic (exact) mass is 330 g/mol. The van der Waals surface area contributed by atoms with Crippen molar-refractivity contribution >= 4 is 11.8 Å². The Morgan fingerprint density at radius 3 is 2.50 bits per heavy atom. The molecule has 1 unspecified atom stereocenters. The van der Waals surface area contributed by atoms with Crippen LogP contribution >= 0.6 is 0 Å². The van der Waals surface area contributed by atoms with Gasteiger partial charge < -0.3 is 15.7 Å². The molecule has 0 aliphatic rings. The smallest absolute Gasteiger partial charge is 0.251 e. The highest BCUT2D eigenvalue weighted by atomic mass is 19.1. The first-order valence-electron chi connectivity index (χ1n) is 7.60. The summed E-state index contributed by atoms with van der Waals surface area (Å²) in [6.07, 6.45) is -0.290. The summed E-state index contributed by atoms with van der Waals surface area (Å²) in [6, 6.07) is 14.4. The van der Waals surface area contributed by atoms with E-state index in [1.165, 1.54) is 18.2 Å². The molecular formula is C18H19FN2O3. The fourth-order valence-corrected chi connectivity index (χ4v) is 2.14. The first kappa shape index (κ1) is 17.6. The number of rotatable bonds is 7. The zero-order valence-corrected chi connectivity index (χ0v) is 13.0. The van der Waals surface area contributed by atoms with Crippen LogP contribution in [0.25, 0.3) is 0 Å². The van der Waals surface area contributed by atoms with E-state index >= 15 is 0 Å². The first-order valence-corrected chi connectivity index (χ1v) is 7.60. The average Bonchev–Trinajstić information content (AvgIpc) is 2.60. The van der Waals surface area contributed by atoms with Gasteiger partial charge in [0.2, 0.25) is 5.91 Å². The maximum absolute atomic E-state index is 13.0. The molecule has 126 valence electrons. The number of hydrogen-bond acceptors (Lipinski definition) is 3. The van der Waals surface area contributed by atoms with E-state index in [-0.39, 0.29) is 24.6 Å². The molecule has 1 atom stereocenters. The van der Waals surface area contributed by atoms with Gasteiger partial charge in [0.1, 0.15) is 5.82 Å². The Hall–Kier alpha value is -2.73. The van der Waals surface area contributed by atoms with Gasteiger partial charge in [-0.3, -0.25) is 9.59 Å². The minimum Gasteiger partial charge on any atom is -0.388 e. The van der Waals surface area contributed by atoms with Crippen LogP contribution in [0, 0.1) is 5.82 Å². The molecule has 24 heavy (non-hydrogen) atoms. The maximum Gasteiger partial charge on any atom is 0.251 e.